The zero-order valence-electron chi connectivity index (χ0n) is 6.87. The average Bonchev–Trinajstić information content (AvgIpc) is 2.03. The van der Waals surface area contributed by atoms with Crippen molar-refractivity contribution < 1.29 is 5.11 Å². The molecule has 0 saturated carbocycles. The van der Waals surface area contributed by atoms with Gasteiger partial charge in [0.15, 0.2) is 5.75 Å². The van der Waals surface area contributed by atoms with Crippen LogP contribution in [0.1, 0.15) is 6.92 Å². The topological polar surface area (TPSA) is 23.1 Å². The first-order chi connectivity index (χ1) is 5.24. The molecule has 11 heavy (non-hydrogen) atoms. The Bertz CT molecular complexity index is 235. The Labute approximate surface area is 67.1 Å². The van der Waals surface area contributed by atoms with Crippen LogP contribution in [0.4, 0.5) is 5.69 Å². The summed E-state index contributed by atoms with van der Waals surface area (Å²) in [5.74, 6) is 0.0720. The monoisotopic (exact) mass is 150 g/mol. The molecular weight excluding hydrogens is 138 g/mol. The molecule has 0 atom stereocenters. The second-order valence-electron chi connectivity index (χ2n) is 2.51. The average molecular weight is 150 g/mol. The summed E-state index contributed by atoms with van der Waals surface area (Å²) in [6, 6.07) is 6.92. The summed E-state index contributed by atoms with van der Waals surface area (Å²) >= 11 is 0. The van der Waals surface area contributed by atoms with Crippen molar-refractivity contribution in [1.82, 2.24) is 0 Å². The molecule has 0 amide bonds. The van der Waals surface area contributed by atoms with E-state index in [-0.39, 0.29) is 5.75 Å². The lowest BCUT2D eigenvalue weighted by Gasteiger charge is -2.15. The maximum absolute atomic E-state index is 10.9. The Kier molecular flexibility index (Phi) is 2.36. The van der Waals surface area contributed by atoms with Crippen LogP contribution in [0.2, 0.25) is 0 Å². The molecule has 59 valence electrons. The molecular formula is C9H12NO. The Morgan fingerprint density at radius 1 is 1.45 bits per heavy atom. The molecule has 0 spiro atoms. The van der Waals surface area contributed by atoms with Gasteiger partial charge in [-0.3, -0.25) is 5.11 Å². The highest BCUT2D eigenvalue weighted by molar-refractivity contribution is 5.49. The van der Waals surface area contributed by atoms with E-state index in [0.29, 0.717) is 0 Å². The standard InChI is InChI=1S/C9H12NO/c1-3-10(2)8-5-4-6-9(11)7-8/h4-7H,3H2,1-2H3. The van der Waals surface area contributed by atoms with Gasteiger partial charge in [-0.15, -0.1) is 0 Å². The van der Waals surface area contributed by atoms with E-state index >= 15 is 0 Å². The molecule has 0 aliphatic carbocycles. The molecule has 0 aliphatic rings. The zero-order valence-corrected chi connectivity index (χ0v) is 6.87. The maximum Gasteiger partial charge on any atom is 0.180 e. The lowest BCUT2D eigenvalue weighted by Crippen LogP contribution is -2.15. The van der Waals surface area contributed by atoms with Crippen molar-refractivity contribution in [2.24, 2.45) is 0 Å². The smallest absolute Gasteiger partial charge is 0.180 e. The van der Waals surface area contributed by atoms with Gasteiger partial charge in [0.1, 0.15) is 0 Å². The number of hydrogen-bond acceptors (Lipinski definition) is 1. The Morgan fingerprint density at radius 2 is 2.18 bits per heavy atom. The fraction of sp³-hybridized carbons (Fsp3) is 0.333. The third kappa shape index (κ3) is 1.87. The summed E-state index contributed by atoms with van der Waals surface area (Å²) in [5.41, 5.74) is 0.986. The molecule has 0 aliphatic heterocycles. The van der Waals surface area contributed by atoms with Crippen molar-refractivity contribution in [3.63, 3.8) is 0 Å². The van der Waals surface area contributed by atoms with Crippen LogP contribution in [0.15, 0.2) is 24.3 Å². The zero-order chi connectivity index (χ0) is 8.27. The largest absolute Gasteiger partial charge is 0.375 e. The summed E-state index contributed by atoms with van der Waals surface area (Å²) in [5, 5.41) is 10.9. The highest BCUT2D eigenvalue weighted by atomic mass is 16.3. The number of benzene rings is 1. The van der Waals surface area contributed by atoms with E-state index in [1.165, 1.54) is 0 Å². The highest BCUT2D eigenvalue weighted by Crippen LogP contribution is 2.18. The second kappa shape index (κ2) is 3.28. The van der Waals surface area contributed by atoms with Crippen molar-refractivity contribution in [3.05, 3.63) is 24.3 Å². The number of nitrogens with zero attached hydrogens (tertiary/aromatic N) is 1. The SMILES string of the molecule is CCN(C)c1cccc([O])c1. The van der Waals surface area contributed by atoms with Gasteiger partial charge >= 0.3 is 0 Å². The van der Waals surface area contributed by atoms with Gasteiger partial charge in [0.05, 0.1) is 0 Å². The summed E-state index contributed by atoms with van der Waals surface area (Å²) < 4.78 is 0. The highest BCUT2D eigenvalue weighted by Gasteiger charge is 1.98. The molecule has 0 bridgehead atoms. The van der Waals surface area contributed by atoms with E-state index in [0.717, 1.165) is 12.2 Å². The maximum atomic E-state index is 10.9. The van der Waals surface area contributed by atoms with Crippen LogP contribution in [-0.4, -0.2) is 13.6 Å². The first-order valence-corrected chi connectivity index (χ1v) is 3.72. The lowest BCUT2D eigenvalue weighted by molar-refractivity contribution is 0.355. The van der Waals surface area contributed by atoms with Crippen LogP contribution in [0.3, 0.4) is 0 Å². The minimum Gasteiger partial charge on any atom is -0.375 e. The third-order valence-electron chi connectivity index (χ3n) is 1.73. The fourth-order valence-corrected chi connectivity index (χ4v) is 0.904. The van der Waals surface area contributed by atoms with Gasteiger partial charge in [-0.1, -0.05) is 6.07 Å². The van der Waals surface area contributed by atoms with Crippen molar-refractivity contribution in [2.75, 3.05) is 18.5 Å². The first-order valence-electron chi connectivity index (χ1n) is 3.72. The van der Waals surface area contributed by atoms with Gasteiger partial charge in [0.2, 0.25) is 0 Å². The molecule has 1 rings (SSSR count). The summed E-state index contributed by atoms with van der Waals surface area (Å²) in [7, 11) is 1.97. The number of rotatable bonds is 2. The quantitative estimate of drug-likeness (QED) is 0.634. The summed E-state index contributed by atoms with van der Waals surface area (Å²) in [6.07, 6.45) is 0. The van der Waals surface area contributed by atoms with Gasteiger partial charge in [0.25, 0.3) is 0 Å². The lowest BCUT2D eigenvalue weighted by atomic mass is 10.3. The molecule has 2 heteroatoms. The van der Waals surface area contributed by atoms with Crippen LogP contribution >= 0.6 is 0 Å². The molecule has 1 aromatic rings. The molecule has 1 radical (unpaired) electrons. The molecule has 2 nitrogen and oxygen atoms in total. The Morgan fingerprint density at radius 3 is 2.73 bits per heavy atom. The summed E-state index contributed by atoms with van der Waals surface area (Å²) in [6.45, 7) is 2.97. The first kappa shape index (κ1) is 7.92. The van der Waals surface area contributed by atoms with Gasteiger partial charge in [-0.25, -0.2) is 0 Å². The molecule has 0 saturated heterocycles. The van der Waals surface area contributed by atoms with Crippen LogP contribution in [-0.2, 0) is 5.11 Å². The minimum atomic E-state index is 0.0720. The number of hydrogen-bond donors (Lipinski definition) is 0. The van der Waals surface area contributed by atoms with Crippen LogP contribution in [0, 0.1) is 0 Å². The third-order valence-corrected chi connectivity index (χ3v) is 1.73. The number of anilines is 1. The predicted octanol–water partition coefficient (Wildman–Crippen LogP) is 2.29. The van der Waals surface area contributed by atoms with Gasteiger partial charge in [-0.2, -0.15) is 0 Å². The van der Waals surface area contributed by atoms with Crippen molar-refractivity contribution in [2.45, 2.75) is 6.92 Å². The van der Waals surface area contributed by atoms with E-state index in [4.69, 9.17) is 0 Å². The molecule has 0 fully saturated rings. The van der Waals surface area contributed by atoms with Gasteiger partial charge < -0.3 is 4.90 Å². The van der Waals surface area contributed by atoms with Crippen LogP contribution in [0.5, 0.6) is 5.75 Å². The van der Waals surface area contributed by atoms with E-state index in [1.807, 2.05) is 18.0 Å². The van der Waals surface area contributed by atoms with Gasteiger partial charge in [-0.05, 0) is 19.1 Å². The minimum absolute atomic E-state index is 0.0720. The van der Waals surface area contributed by atoms with Crippen LogP contribution in [0.25, 0.3) is 0 Å². The molecule has 0 aromatic heterocycles. The van der Waals surface area contributed by atoms with Crippen molar-refractivity contribution >= 4 is 5.69 Å². The molecule has 0 heterocycles. The molecule has 1 aromatic carbocycles. The van der Waals surface area contributed by atoms with Crippen molar-refractivity contribution in [3.8, 4) is 5.75 Å². The van der Waals surface area contributed by atoms with E-state index in [1.54, 1.807) is 18.2 Å². The fourth-order valence-electron chi connectivity index (χ4n) is 0.904. The molecule has 0 unspecified atom stereocenters. The van der Waals surface area contributed by atoms with Gasteiger partial charge in [0, 0.05) is 25.3 Å². The summed E-state index contributed by atoms with van der Waals surface area (Å²) in [4.78, 5) is 2.03. The second-order valence-corrected chi connectivity index (χ2v) is 2.51. The molecule has 0 N–H and O–H groups in total. The van der Waals surface area contributed by atoms with Crippen molar-refractivity contribution in [1.29, 1.82) is 0 Å². The van der Waals surface area contributed by atoms with E-state index < -0.39 is 0 Å². The Hall–Kier alpha value is -1.18. The van der Waals surface area contributed by atoms with E-state index in [2.05, 4.69) is 6.92 Å². The van der Waals surface area contributed by atoms with E-state index in [9.17, 15) is 5.11 Å². The Balaban J connectivity index is 2.86. The predicted molar refractivity (Wildman–Crippen MR) is 45.5 cm³/mol. The normalized spacial score (nSPS) is 9.64. The van der Waals surface area contributed by atoms with Crippen LogP contribution < -0.4 is 4.90 Å².